The van der Waals surface area contributed by atoms with Gasteiger partial charge in [-0.15, -0.1) is 0 Å². The van der Waals surface area contributed by atoms with Crippen molar-refractivity contribution in [1.29, 1.82) is 0 Å². The zero-order chi connectivity index (χ0) is 15.3. The lowest BCUT2D eigenvalue weighted by Gasteiger charge is -2.23. The summed E-state index contributed by atoms with van der Waals surface area (Å²) in [4.78, 5) is 8.70. The molecule has 0 fully saturated rings. The Morgan fingerprint density at radius 1 is 1.40 bits per heavy atom. The molecule has 1 atom stereocenters. The third-order valence-corrected chi connectivity index (χ3v) is 3.26. The number of aromatic nitrogens is 2. The molecule has 0 aromatic carbocycles. The molecule has 1 rings (SSSR count). The Hall–Kier alpha value is -1.08. The van der Waals surface area contributed by atoms with E-state index in [2.05, 4.69) is 34.0 Å². The first-order valence-corrected chi connectivity index (χ1v) is 6.67. The number of nitrogens with one attached hydrogen (secondary N) is 1. The minimum Gasteiger partial charge on any atom is -0.369 e. The van der Waals surface area contributed by atoms with E-state index in [1.165, 1.54) is 6.07 Å². The minimum atomic E-state index is -4.60. The lowest BCUT2D eigenvalue weighted by atomic mass is 10.2. The van der Waals surface area contributed by atoms with Crippen LogP contribution in [0.2, 0.25) is 5.15 Å². The summed E-state index contributed by atoms with van der Waals surface area (Å²) in [6.07, 6.45) is -3.59. The molecule has 4 nitrogen and oxygen atoms in total. The smallest absolute Gasteiger partial charge is 0.369 e. The second-order valence-corrected chi connectivity index (χ2v) is 4.95. The molecular formula is C12H18ClF3N4. The van der Waals surface area contributed by atoms with Gasteiger partial charge in [0.1, 0.15) is 11.0 Å². The normalized spacial score (nSPS) is 13.6. The largest absolute Gasteiger partial charge is 0.451 e. The lowest BCUT2D eigenvalue weighted by molar-refractivity contribution is -0.144. The van der Waals surface area contributed by atoms with Crippen molar-refractivity contribution >= 4 is 17.4 Å². The average molecular weight is 311 g/mol. The molecule has 0 amide bonds. The first-order chi connectivity index (χ1) is 9.24. The molecule has 0 aliphatic rings. The van der Waals surface area contributed by atoms with E-state index < -0.39 is 12.0 Å². The van der Waals surface area contributed by atoms with E-state index in [1.54, 1.807) is 0 Å². The van der Waals surface area contributed by atoms with Gasteiger partial charge in [-0.25, -0.2) is 9.97 Å². The van der Waals surface area contributed by atoms with E-state index in [4.69, 9.17) is 11.6 Å². The number of rotatable bonds is 6. The highest BCUT2D eigenvalue weighted by atomic mass is 35.5. The summed E-state index contributed by atoms with van der Waals surface area (Å²) in [5.41, 5.74) is 0. The molecule has 1 N–H and O–H groups in total. The fourth-order valence-electron chi connectivity index (χ4n) is 1.53. The third kappa shape index (κ3) is 5.13. The van der Waals surface area contributed by atoms with Crippen LogP contribution in [0.15, 0.2) is 6.07 Å². The number of likely N-dealkylation sites (N-methyl/N-ethyl adjacent to an activating group) is 1. The molecule has 1 heterocycles. The number of nitrogens with zero attached hydrogens (tertiary/aromatic N) is 3. The first-order valence-electron chi connectivity index (χ1n) is 6.30. The maximum atomic E-state index is 12.5. The van der Waals surface area contributed by atoms with Gasteiger partial charge in [0.05, 0.1) is 0 Å². The maximum absolute atomic E-state index is 12.5. The fraction of sp³-hybridized carbons (Fsp3) is 0.667. The van der Waals surface area contributed by atoms with Crippen molar-refractivity contribution in [3.63, 3.8) is 0 Å². The Balaban J connectivity index is 2.63. The first kappa shape index (κ1) is 17.0. The van der Waals surface area contributed by atoms with Gasteiger partial charge in [0.25, 0.3) is 0 Å². The Labute approximate surface area is 121 Å². The summed E-state index contributed by atoms with van der Waals surface area (Å²) < 4.78 is 37.6. The van der Waals surface area contributed by atoms with Crippen LogP contribution in [0.3, 0.4) is 0 Å². The van der Waals surface area contributed by atoms with Crippen molar-refractivity contribution in [1.82, 2.24) is 14.9 Å². The minimum absolute atomic E-state index is 0.0786. The van der Waals surface area contributed by atoms with E-state index >= 15 is 0 Å². The van der Waals surface area contributed by atoms with Gasteiger partial charge in [-0.2, -0.15) is 13.2 Å². The summed E-state index contributed by atoms with van der Waals surface area (Å²) >= 11 is 5.57. The van der Waals surface area contributed by atoms with Gasteiger partial charge in [0, 0.05) is 25.2 Å². The zero-order valence-corrected chi connectivity index (χ0v) is 12.4. The molecule has 0 radical (unpaired) electrons. The maximum Gasteiger partial charge on any atom is 0.451 e. The van der Waals surface area contributed by atoms with Crippen LogP contribution in [-0.2, 0) is 6.18 Å². The monoisotopic (exact) mass is 310 g/mol. The average Bonchev–Trinajstić information content (AvgIpc) is 2.36. The Morgan fingerprint density at radius 3 is 2.60 bits per heavy atom. The molecule has 8 heteroatoms. The van der Waals surface area contributed by atoms with Gasteiger partial charge in [-0.1, -0.05) is 18.5 Å². The van der Waals surface area contributed by atoms with E-state index in [-0.39, 0.29) is 11.0 Å². The van der Waals surface area contributed by atoms with Crippen molar-refractivity contribution in [3.8, 4) is 0 Å². The van der Waals surface area contributed by atoms with E-state index in [0.717, 1.165) is 6.42 Å². The van der Waals surface area contributed by atoms with E-state index in [1.807, 2.05) is 7.05 Å². The molecule has 0 saturated carbocycles. The second-order valence-electron chi connectivity index (χ2n) is 4.56. The Kier molecular flexibility index (Phi) is 6.01. The molecule has 0 aliphatic carbocycles. The molecule has 0 bridgehead atoms. The van der Waals surface area contributed by atoms with Crippen LogP contribution in [0.4, 0.5) is 19.0 Å². The summed E-state index contributed by atoms with van der Waals surface area (Å²) in [5.74, 6) is -1.15. The fourth-order valence-corrected chi connectivity index (χ4v) is 1.71. The standard InChI is InChI=1S/C12H18ClF3N4/c1-4-8(2)20(3)6-5-17-10-7-9(13)18-11(19-10)12(14,15)16/h7-8H,4-6H2,1-3H3,(H,17,18,19). The molecule has 0 saturated heterocycles. The van der Waals surface area contributed by atoms with E-state index in [0.29, 0.717) is 19.1 Å². The number of anilines is 1. The lowest BCUT2D eigenvalue weighted by Crippen LogP contribution is -2.32. The molecule has 1 unspecified atom stereocenters. The third-order valence-electron chi connectivity index (χ3n) is 3.06. The van der Waals surface area contributed by atoms with Gasteiger partial charge >= 0.3 is 6.18 Å². The van der Waals surface area contributed by atoms with Crippen molar-refractivity contribution in [2.75, 3.05) is 25.5 Å². The van der Waals surface area contributed by atoms with Gasteiger partial charge in [-0.05, 0) is 20.4 Å². The van der Waals surface area contributed by atoms with Gasteiger partial charge in [0.2, 0.25) is 5.82 Å². The Bertz CT molecular complexity index is 439. The number of halogens is 4. The van der Waals surface area contributed by atoms with Crippen LogP contribution in [0.25, 0.3) is 0 Å². The van der Waals surface area contributed by atoms with Crippen LogP contribution in [0.5, 0.6) is 0 Å². The summed E-state index contributed by atoms with van der Waals surface area (Å²) in [7, 11) is 1.96. The van der Waals surface area contributed by atoms with E-state index in [9.17, 15) is 13.2 Å². The molecule has 0 aliphatic heterocycles. The summed E-state index contributed by atoms with van der Waals surface area (Å²) in [6.45, 7) is 5.33. The van der Waals surface area contributed by atoms with Crippen LogP contribution < -0.4 is 5.32 Å². The molecule has 1 aromatic heterocycles. The van der Waals surface area contributed by atoms with Crippen molar-refractivity contribution in [2.24, 2.45) is 0 Å². The molecule has 114 valence electrons. The van der Waals surface area contributed by atoms with Gasteiger partial charge in [0.15, 0.2) is 0 Å². The highest BCUT2D eigenvalue weighted by molar-refractivity contribution is 6.29. The number of hydrogen-bond acceptors (Lipinski definition) is 4. The topological polar surface area (TPSA) is 41.0 Å². The highest BCUT2D eigenvalue weighted by Gasteiger charge is 2.35. The summed E-state index contributed by atoms with van der Waals surface area (Å²) in [5, 5.41) is 2.60. The molecule has 20 heavy (non-hydrogen) atoms. The zero-order valence-electron chi connectivity index (χ0n) is 11.6. The summed E-state index contributed by atoms with van der Waals surface area (Å²) in [6, 6.07) is 1.69. The predicted molar refractivity (Wildman–Crippen MR) is 72.9 cm³/mol. The number of alkyl halides is 3. The SMILES string of the molecule is CCC(C)N(C)CCNc1cc(Cl)nc(C(F)(F)F)n1. The van der Waals surface area contributed by atoms with Gasteiger partial charge < -0.3 is 10.2 Å². The predicted octanol–water partition coefficient (Wildman–Crippen LogP) is 3.29. The number of hydrogen-bond donors (Lipinski definition) is 1. The van der Waals surface area contributed by atoms with Crippen LogP contribution in [0, 0.1) is 0 Å². The van der Waals surface area contributed by atoms with Crippen LogP contribution in [-0.4, -0.2) is 41.0 Å². The second kappa shape index (κ2) is 7.08. The Morgan fingerprint density at radius 2 is 2.05 bits per heavy atom. The van der Waals surface area contributed by atoms with Gasteiger partial charge in [-0.3, -0.25) is 0 Å². The van der Waals surface area contributed by atoms with Crippen molar-refractivity contribution < 1.29 is 13.2 Å². The highest BCUT2D eigenvalue weighted by Crippen LogP contribution is 2.28. The molecule has 0 spiro atoms. The molecular weight excluding hydrogens is 293 g/mol. The molecule has 1 aromatic rings. The van der Waals surface area contributed by atoms with Crippen LogP contribution >= 0.6 is 11.6 Å². The van der Waals surface area contributed by atoms with Crippen molar-refractivity contribution in [2.45, 2.75) is 32.5 Å². The quantitative estimate of drug-likeness (QED) is 0.819. The van der Waals surface area contributed by atoms with Crippen LogP contribution in [0.1, 0.15) is 26.1 Å². The van der Waals surface area contributed by atoms with Crippen molar-refractivity contribution in [3.05, 3.63) is 17.0 Å².